The number of nitrogens with zero attached hydrogens (tertiary/aromatic N) is 3. The third kappa shape index (κ3) is 3.77. The molecule has 1 amide bonds. The van der Waals surface area contributed by atoms with E-state index in [1.54, 1.807) is 12.1 Å². The minimum absolute atomic E-state index is 0.0929. The summed E-state index contributed by atoms with van der Waals surface area (Å²) in [6.07, 6.45) is 8.69. The maximum absolute atomic E-state index is 13.9. The van der Waals surface area contributed by atoms with Crippen molar-refractivity contribution in [2.75, 3.05) is 5.32 Å². The zero-order chi connectivity index (χ0) is 22.5. The Labute approximate surface area is 192 Å². The van der Waals surface area contributed by atoms with Gasteiger partial charge in [-0.3, -0.25) is 14.5 Å². The summed E-state index contributed by atoms with van der Waals surface area (Å²) in [4.78, 5) is 17.1. The molecule has 0 saturated heterocycles. The maximum Gasteiger partial charge on any atom is 0.224 e. The monoisotopic (exact) mass is 442 g/mol. The van der Waals surface area contributed by atoms with Crippen LogP contribution in [0.25, 0.3) is 21.8 Å². The summed E-state index contributed by atoms with van der Waals surface area (Å²) in [5.41, 5.74) is 3.98. The van der Waals surface area contributed by atoms with Crippen molar-refractivity contribution in [2.45, 2.75) is 38.0 Å². The number of hydrogen-bond acceptors (Lipinski definition) is 3. The number of hydrogen-bond donors (Lipinski definition) is 1. The summed E-state index contributed by atoms with van der Waals surface area (Å²) in [7, 11) is 1.91. The fourth-order valence-electron chi connectivity index (χ4n) is 6.37. The third-order valence-electron chi connectivity index (χ3n) is 7.79. The van der Waals surface area contributed by atoms with E-state index >= 15 is 0 Å². The molecule has 0 bridgehead atoms. The summed E-state index contributed by atoms with van der Waals surface area (Å²) < 4.78 is 15.7. The Hall–Kier alpha value is -3.28. The van der Waals surface area contributed by atoms with Crippen LogP contribution in [0, 0.1) is 23.6 Å². The fraction of sp³-hybridized carbons (Fsp3) is 0.370. The summed E-state index contributed by atoms with van der Waals surface area (Å²) in [6.45, 7) is 0. The molecular weight excluding hydrogens is 415 g/mol. The van der Waals surface area contributed by atoms with Crippen LogP contribution in [0.2, 0.25) is 0 Å². The molecule has 6 heteroatoms. The Morgan fingerprint density at radius 3 is 2.73 bits per heavy atom. The Kier molecular flexibility index (Phi) is 4.89. The van der Waals surface area contributed by atoms with Gasteiger partial charge in [0.1, 0.15) is 5.82 Å². The molecule has 2 heterocycles. The first kappa shape index (κ1) is 20.3. The van der Waals surface area contributed by atoms with Crippen LogP contribution >= 0.6 is 0 Å². The molecule has 2 aromatic carbocycles. The smallest absolute Gasteiger partial charge is 0.224 e. The van der Waals surface area contributed by atoms with Crippen molar-refractivity contribution in [1.82, 2.24) is 14.8 Å². The third-order valence-corrected chi connectivity index (χ3v) is 7.79. The number of aromatic nitrogens is 3. The van der Waals surface area contributed by atoms with Crippen molar-refractivity contribution >= 4 is 33.4 Å². The van der Waals surface area contributed by atoms with Gasteiger partial charge in [0.05, 0.1) is 17.2 Å². The lowest BCUT2D eigenvalue weighted by Crippen LogP contribution is -2.15. The second-order valence-corrected chi connectivity index (χ2v) is 9.88. The number of anilines is 1. The van der Waals surface area contributed by atoms with Crippen LogP contribution in [0.4, 0.5) is 10.1 Å². The van der Waals surface area contributed by atoms with Crippen LogP contribution in [-0.2, 0) is 11.8 Å². The topological polar surface area (TPSA) is 59.8 Å². The van der Waals surface area contributed by atoms with Crippen molar-refractivity contribution in [2.24, 2.45) is 24.8 Å². The molecule has 168 valence electrons. The van der Waals surface area contributed by atoms with Crippen molar-refractivity contribution in [3.8, 4) is 0 Å². The van der Waals surface area contributed by atoms with E-state index in [0.29, 0.717) is 30.1 Å². The van der Waals surface area contributed by atoms with Gasteiger partial charge in [0.25, 0.3) is 0 Å². The predicted octanol–water partition coefficient (Wildman–Crippen LogP) is 5.81. The van der Waals surface area contributed by atoms with Crippen LogP contribution in [0.15, 0.2) is 54.9 Å². The average molecular weight is 443 g/mol. The second kappa shape index (κ2) is 7.94. The van der Waals surface area contributed by atoms with Crippen LogP contribution < -0.4 is 5.32 Å². The number of rotatable bonds is 4. The molecule has 2 fully saturated rings. The van der Waals surface area contributed by atoms with Gasteiger partial charge < -0.3 is 5.32 Å². The molecule has 0 spiro atoms. The molecule has 2 aliphatic carbocycles. The number of carbonyl (C=O) groups is 1. The summed E-state index contributed by atoms with van der Waals surface area (Å²) >= 11 is 0. The Morgan fingerprint density at radius 1 is 1.09 bits per heavy atom. The van der Waals surface area contributed by atoms with Crippen molar-refractivity contribution < 1.29 is 9.18 Å². The molecule has 2 aliphatic rings. The van der Waals surface area contributed by atoms with E-state index in [1.165, 1.54) is 11.6 Å². The van der Waals surface area contributed by atoms with E-state index in [9.17, 15) is 9.18 Å². The summed E-state index contributed by atoms with van der Waals surface area (Å²) in [6, 6.07) is 12.9. The number of pyridine rings is 1. The summed E-state index contributed by atoms with van der Waals surface area (Å²) in [5.74, 6) is 2.08. The number of benzene rings is 2. The molecule has 33 heavy (non-hydrogen) atoms. The van der Waals surface area contributed by atoms with Gasteiger partial charge in [-0.25, -0.2) is 4.39 Å². The van der Waals surface area contributed by atoms with Gasteiger partial charge in [0.15, 0.2) is 0 Å². The van der Waals surface area contributed by atoms with Crippen LogP contribution in [-0.4, -0.2) is 20.7 Å². The number of carbonyl (C=O) groups excluding carboxylic acids is 1. The maximum atomic E-state index is 13.9. The molecule has 2 unspecified atom stereocenters. The molecule has 0 radical (unpaired) electrons. The van der Waals surface area contributed by atoms with E-state index in [4.69, 9.17) is 0 Å². The van der Waals surface area contributed by atoms with Crippen molar-refractivity contribution in [3.05, 3.63) is 66.2 Å². The van der Waals surface area contributed by atoms with E-state index < -0.39 is 0 Å². The van der Waals surface area contributed by atoms with Gasteiger partial charge in [0.2, 0.25) is 5.91 Å². The van der Waals surface area contributed by atoms with E-state index in [-0.39, 0.29) is 11.7 Å². The minimum Gasteiger partial charge on any atom is -0.326 e. The Bertz CT molecular complexity index is 1350. The standard InChI is InChI=1S/C27H27FN4O/c1-32-26-5-3-22(13-20(26)15-30-32)31-27(33)10-16-8-17-11-19(12-18(17)9-16)23-6-7-29-25-4-2-21(28)14-24(23)25/h2-7,13-19H,8-12H2,1H3,(H,31,33). The number of halogens is 1. The molecule has 6 rings (SSSR count). The lowest BCUT2D eigenvalue weighted by molar-refractivity contribution is -0.117. The lowest BCUT2D eigenvalue weighted by atomic mass is 9.89. The van der Waals surface area contributed by atoms with Gasteiger partial charge in [-0.15, -0.1) is 0 Å². The number of nitrogens with one attached hydrogen (secondary N) is 1. The highest BCUT2D eigenvalue weighted by Crippen LogP contribution is 2.53. The zero-order valence-corrected chi connectivity index (χ0v) is 18.7. The van der Waals surface area contributed by atoms with E-state index in [0.717, 1.165) is 53.2 Å². The van der Waals surface area contributed by atoms with Gasteiger partial charge in [-0.05, 0) is 97.4 Å². The van der Waals surface area contributed by atoms with Gasteiger partial charge in [-0.1, -0.05) is 0 Å². The first-order chi connectivity index (χ1) is 16.0. The van der Waals surface area contributed by atoms with E-state index in [1.807, 2.05) is 42.3 Å². The number of amides is 1. The van der Waals surface area contributed by atoms with Gasteiger partial charge >= 0.3 is 0 Å². The highest BCUT2D eigenvalue weighted by atomic mass is 19.1. The van der Waals surface area contributed by atoms with Crippen LogP contribution in [0.1, 0.15) is 43.6 Å². The van der Waals surface area contributed by atoms with Crippen LogP contribution in [0.5, 0.6) is 0 Å². The molecular formula is C27H27FN4O. The largest absolute Gasteiger partial charge is 0.326 e. The molecule has 0 aliphatic heterocycles. The molecule has 1 N–H and O–H groups in total. The molecule has 2 atom stereocenters. The Balaban J connectivity index is 1.09. The minimum atomic E-state index is -0.205. The highest BCUT2D eigenvalue weighted by molar-refractivity contribution is 5.93. The second-order valence-electron chi connectivity index (χ2n) is 9.88. The quantitative estimate of drug-likeness (QED) is 0.434. The van der Waals surface area contributed by atoms with Gasteiger partial charge in [-0.2, -0.15) is 5.10 Å². The molecule has 4 aromatic rings. The Morgan fingerprint density at radius 2 is 1.91 bits per heavy atom. The zero-order valence-electron chi connectivity index (χ0n) is 18.7. The van der Waals surface area contributed by atoms with Crippen LogP contribution in [0.3, 0.4) is 0 Å². The highest BCUT2D eigenvalue weighted by Gasteiger charge is 2.42. The predicted molar refractivity (Wildman–Crippen MR) is 127 cm³/mol. The first-order valence-electron chi connectivity index (χ1n) is 11.8. The molecule has 5 nitrogen and oxygen atoms in total. The average Bonchev–Trinajstić information content (AvgIpc) is 3.46. The first-order valence-corrected chi connectivity index (χ1v) is 11.8. The SMILES string of the molecule is Cn1ncc2cc(NC(=O)CC3CC4CC(c5ccnc6ccc(F)cc56)CC4C3)ccc21. The molecule has 2 saturated carbocycles. The number of aryl methyl sites for hydroxylation is 1. The fourth-order valence-corrected chi connectivity index (χ4v) is 6.37. The van der Waals surface area contributed by atoms with Crippen molar-refractivity contribution in [3.63, 3.8) is 0 Å². The molecule has 2 aromatic heterocycles. The summed E-state index contributed by atoms with van der Waals surface area (Å²) in [5, 5.41) is 9.32. The normalized spacial score (nSPS) is 24.4. The number of fused-ring (bicyclic) bond motifs is 3. The van der Waals surface area contributed by atoms with Gasteiger partial charge in [0, 0.05) is 36.1 Å². The van der Waals surface area contributed by atoms with E-state index in [2.05, 4.69) is 21.5 Å². The van der Waals surface area contributed by atoms with Crippen molar-refractivity contribution in [1.29, 1.82) is 0 Å². The lowest BCUT2D eigenvalue weighted by Gasteiger charge is -2.17.